The van der Waals surface area contributed by atoms with E-state index in [9.17, 15) is 4.79 Å². The van der Waals surface area contributed by atoms with E-state index in [1.165, 1.54) is 19.3 Å². The highest BCUT2D eigenvalue weighted by Gasteiger charge is 2.25. The number of ether oxygens (including phenoxy) is 2. The molecule has 0 aliphatic carbocycles. The molecule has 2 amide bonds. The van der Waals surface area contributed by atoms with Gasteiger partial charge in [-0.15, -0.1) is 0 Å². The van der Waals surface area contributed by atoms with Crippen LogP contribution in [-0.2, 0) is 9.47 Å². The number of carbonyl (C=O) groups is 1. The van der Waals surface area contributed by atoms with Gasteiger partial charge < -0.3 is 19.7 Å². The van der Waals surface area contributed by atoms with Crippen LogP contribution in [0, 0.1) is 5.92 Å². The van der Waals surface area contributed by atoms with Gasteiger partial charge in [-0.05, 0) is 52.4 Å². The molecule has 0 aromatic heterocycles. The van der Waals surface area contributed by atoms with Crippen LogP contribution in [0.25, 0.3) is 0 Å². The first-order chi connectivity index (χ1) is 10.7. The zero-order valence-corrected chi connectivity index (χ0v) is 14.2. The Kier molecular flexibility index (Phi) is 7.46. The second-order valence-electron chi connectivity index (χ2n) is 6.68. The average molecular weight is 312 g/mol. The third-order valence-electron chi connectivity index (χ3n) is 4.68. The van der Waals surface area contributed by atoms with Gasteiger partial charge in [0.2, 0.25) is 0 Å². The van der Waals surface area contributed by atoms with Crippen LogP contribution in [0.1, 0.15) is 52.4 Å². The van der Waals surface area contributed by atoms with Crippen molar-refractivity contribution < 1.29 is 14.3 Å². The van der Waals surface area contributed by atoms with Crippen LogP contribution in [0.3, 0.4) is 0 Å². The summed E-state index contributed by atoms with van der Waals surface area (Å²) in [5, 5.41) is 3.14. The summed E-state index contributed by atoms with van der Waals surface area (Å²) in [4.78, 5) is 14.3. The molecule has 5 heteroatoms. The van der Waals surface area contributed by atoms with Crippen molar-refractivity contribution in [3.63, 3.8) is 0 Å². The van der Waals surface area contributed by atoms with E-state index < -0.39 is 0 Å². The Hall–Kier alpha value is -0.810. The molecule has 2 heterocycles. The molecule has 0 radical (unpaired) electrons. The van der Waals surface area contributed by atoms with Gasteiger partial charge in [0.05, 0.1) is 12.7 Å². The van der Waals surface area contributed by atoms with Crippen LogP contribution < -0.4 is 5.32 Å². The Morgan fingerprint density at radius 1 is 1.41 bits per heavy atom. The monoisotopic (exact) mass is 312 g/mol. The lowest BCUT2D eigenvalue weighted by Gasteiger charge is -2.33. The highest BCUT2D eigenvalue weighted by Crippen LogP contribution is 2.19. The number of hydrogen-bond donors (Lipinski definition) is 1. The standard InChI is InChI=1S/C17H32N2O3/c1-3-21-13-15-6-4-10-19(12-15)17(20)18-14(2)8-9-16-7-5-11-22-16/h14-16H,3-13H2,1-2H3,(H,18,20). The molecule has 2 fully saturated rings. The molecule has 0 spiro atoms. The molecular weight excluding hydrogens is 280 g/mol. The number of carbonyl (C=O) groups excluding carboxylic acids is 1. The number of likely N-dealkylation sites (tertiary alicyclic amines) is 1. The maximum Gasteiger partial charge on any atom is 0.317 e. The maximum atomic E-state index is 12.4. The van der Waals surface area contributed by atoms with Crippen LogP contribution >= 0.6 is 0 Å². The highest BCUT2D eigenvalue weighted by molar-refractivity contribution is 5.74. The summed E-state index contributed by atoms with van der Waals surface area (Å²) in [7, 11) is 0. The quantitative estimate of drug-likeness (QED) is 0.786. The van der Waals surface area contributed by atoms with Gasteiger partial charge in [-0.25, -0.2) is 4.79 Å². The van der Waals surface area contributed by atoms with Crippen molar-refractivity contribution in [2.24, 2.45) is 5.92 Å². The van der Waals surface area contributed by atoms with Crippen LogP contribution in [0.2, 0.25) is 0 Å². The summed E-state index contributed by atoms with van der Waals surface area (Å²) < 4.78 is 11.1. The highest BCUT2D eigenvalue weighted by atomic mass is 16.5. The predicted molar refractivity (Wildman–Crippen MR) is 87.0 cm³/mol. The van der Waals surface area contributed by atoms with Crippen molar-refractivity contribution >= 4 is 6.03 Å². The molecule has 22 heavy (non-hydrogen) atoms. The third-order valence-corrected chi connectivity index (χ3v) is 4.68. The van der Waals surface area contributed by atoms with Crippen molar-refractivity contribution in [3.8, 4) is 0 Å². The third kappa shape index (κ3) is 5.76. The molecule has 5 nitrogen and oxygen atoms in total. The van der Waals surface area contributed by atoms with Gasteiger partial charge in [0.1, 0.15) is 0 Å². The summed E-state index contributed by atoms with van der Waals surface area (Å²) in [6, 6.07) is 0.296. The number of piperidine rings is 1. The predicted octanol–water partition coefficient (Wildman–Crippen LogP) is 2.79. The molecule has 3 atom stereocenters. The lowest BCUT2D eigenvalue weighted by atomic mass is 9.99. The van der Waals surface area contributed by atoms with Crippen LogP contribution in [0.5, 0.6) is 0 Å². The summed E-state index contributed by atoms with van der Waals surface area (Å²) in [5.41, 5.74) is 0. The van der Waals surface area contributed by atoms with Crippen molar-refractivity contribution in [2.45, 2.75) is 64.5 Å². The Morgan fingerprint density at radius 3 is 3.00 bits per heavy atom. The molecule has 3 unspecified atom stereocenters. The summed E-state index contributed by atoms with van der Waals surface area (Å²) in [5.74, 6) is 0.488. The summed E-state index contributed by atoms with van der Waals surface area (Å²) >= 11 is 0. The van der Waals surface area contributed by atoms with Gasteiger partial charge >= 0.3 is 6.03 Å². The van der Waals surface area contributed by atoms with E-state index in [0.717, 1.165) is 52.2 Å². The van der Waals surface area contributed by atoms with Crippen molar-refractivity contribution in [1.29, 1.82) is 0 Å². The minimum Gasteiger partial charge on any atom is -0.381 e. The lowest BCUT2D eigenvalue weighted by molar-refractivity contribution is 0.0747. The SMILES string of the molecule is CCOCC1CCCN(C(=O)NC(C)CCC2CCCO2)C1. The van der Waals surface area contributed by atoms with Gasteiger partial charge in [0, 0.05) is 38.3 Å². The fraction of sp³-hybridized carbons (Fsp3) is 0.941. The van der Waals surface area contributed by atoms with Crippen LogP contribution in [-0.4, -0.2) is 56.0 Å². The topological polar surface area (TPSA) is 50.8 Å². The van der Waals surface area contributed by atoms with E-state index >= 15 is 0 Å². The fourth-order valence-corrected chi connectivity index (χ4v) is 3.35. The van der Waals surface area contributed by atoms with E-state index in [2.05, 4.69) is 12.2 Å². The number of urea groups is 1. The smallest absolute Gasteiger partial charge is 0.317 e. The second kappa shape index (κ2) is 9.36. The number of nitrogens with zero attached hydrogens (tertiary/aromatic N) is 1. The lowest BCUT2D eigenvalue weighted by Crippen LogP contribution is -2.48. The Balaban J connectivity index is 1.66. The Labute approximate surface area is 134 Å². The number of hydrogen-bond acceptors (Lipinski definition) is 3. The minimum atomic E-state index is 0.0843. The first kappa shape index (κ1) is 17.5. The summed E-state index contributed by atoms with van der Waals surface area (Å²) in [6.45, 7) is 8.23. The van der Waals surface area contributed by atoms with E-state index in [1.807, 2.05) is 11.8 Å². The number of nitrogens with one attached hydrogen (secondary N) is 1. The molecule has 2 saturated heterocycles. The zero-order chi connectivity index (χ0) is 15.8. The average Bonchev–Trinajstić information content (AvgIpc) is 3.04. The maximum absolute atomic E-state index is 12.4. The van der Waals surface area contributed by atoms with Gasteiger partial charge in [-0.3, -0.25) is 0 Å². The second-order valence-corrected chi connectivity index (χ2v) is 6.68. The fourth-order valence-electron chi connectivity index (χ4n) is 3.35. The molecule has 0 aromatic carbocycles. The largest absolute Gasteiger partial charge is 0.381 e. The molecule has 0 saturated carbocycles. The Morgan fingerprint density at radius 2 is 2.27 bits per heavy atom. The minimum absolute atomic E-state index is 0.0843. The first-order valence-corrected chi connectivity index (χ1v) is 8.93. The van der Waals surface area contributed by atoms with E-state index in [1.54, 1.807) is 0 Å². The summed E-state index contributed by atoms with van der Waals surface area (Å²) in [6.07, 6.45) is 7.05. The molecule has 1 N–H and O–H groups in total. The van der Waals surface area contributed by atoms with Gasteiger partial charge in [-0.1, -0.05) is 0 Å². The molecular formula is C17H32N2O3. The normalized spacial score (nSPS) is 26.9. The van der Waals surface area contributed by atoms with Gasteiger partial charge in [-0.2, -0.15) is 0 Å². The van der Waals surface area contributed by atoms with Crippen LogP contribution in [0.4, 0.5) is 4.79 Å². The van der Waals surface area contributed by atoms with Crippen LogP contribution in [0.15, 0.2) is 0 Å². The van der Waals surface area contributed by atoms with E-state index in [0.29, 0.717) is 12.0 Å². The van der Waals surface area contributed by atoms with E-state index in [-0.39, 0.29) is 12.1 Å². The van der Waals surface area contributed by atoms with Gasteiger partial charge in [0.15, 0.2) is 0 Å². The molecule has 2 aliphatic rings. The van der Waals surface area contributed by atoms with Crippen molar-refractivity contribution in [3.05, 3.63) is 0 Å². The van der Waals surface area contributed by atoms with Crippen molar-refractivity contribution in [1.82, 2.24) is 10.2 Å². The number of amides is 2. The number of rotatable bonds is 7. The molecule has 128 valence electrons. The van der Waals surface area contributed by atoms with E-state index in [4.69, 9.17) is 9.47 Å². The first-order valence-electron chi connectivity index (χ1n) is 8.93. The van der Waals surface area contributed by atoms with Crippen molar-refractivity contribution in [2.75, 3.05) is 32.9 Å². The molecule has 0 bridgehead atoms. The molecule has 0 aromatic rings. The molecule has 2 rings (SSSR count). The van der Waals surface area contributed by atoms with Gasteiger partial charge in [0.25, 0.3) is 0 Å². The molecule has 2 aliphatic heterocycles. The zero-order valence-electron chi connectivity index (χ0n) is 14.2. The Bertz CT molecular complexity index is 332.